The number of rotatable bonds is 4. The molecule has 0 fully saturated rings. The molecule has 1 unspecified atom stereocenters. The summed E-state index contributed by atoms with van der Waals surface area (Å²) in [7, 11) is 2.89. The number of aliphatic hydroxyl groups is 1. The van der Waals surface area contributed by atoms with Gasteiger partial charge in [0, 0.05) is 10.0 Å². The van der Waals surface area contributed by atoms with Crippen LogP contribution in [-0.4, -0.2) is 34.5 Å². The molecule has 1 N–H and O–H groups in total. The van der Waals surface area contributed by atoms with Crippen LogP contribution in [0.5, 0.6) is 11.8 Å². The summed E-state index contributed by atoms with van der Waals surface area (Å²) in [6, 6.07) is 7.27. The van der Waals surface area contributed by atoms with Gasteiger partial charge in [0.2, 0.25) is 0 Å². The van der Waals surface area contributed by atoms with Gasteiger partial charge >= 0.3 is 0 Å². The van der Waals surface area contributed by atoms with Gasteiger partial charge < -0.3 is 14.6 Å². The van der Waals surface area contributed by atoms with E-state index in [9.17, 15) is 5.11 Å². The Morgan fingerprint density at radius 1 is 1.11 bits per heavy atom. The summed E-state index contributed by atoms with van der Waals surface area (Å²) in [5.74, 6) is 0.494. The van der Waals surface area contributed by atoms with Crippen LogP contribution in [0.25, 0.3) is 0 Å². The van der Waals surface area contributed by atoms with Crippen molar-refractivity contribution in [2.45, 2.75) is 6.10 Å². The number of hydrogen-bond acceptors (Lipinski definition) is 6. The zero-order chi connectivity index (χ0) is 13.8. The second-order valence-electron chi connectivity index (χ2n) is 3.61. The zero-order valence-electron chi connectivity index (χ0n) is 10.4. The number of aliphatic hydroxyl groups excluding tert-OH is 1. The lowest BCUT2D eigenvalue weighted by Gasteiger charge is -2.12. The van der Waals surface area contributed by atoms with E-state index in [-0.39, 0.29) is 17.6 Å². The molecule has 0 radical (unpaired) electrons. The average molecular weight is 326 g/mol. The number of benzene rings is 1. The lowest BCUT2D eigenvalue weighted by molar-refractivity contribution is 0.203. The van der Waals surface area contributed by atoms with Gasteiger partial charge in [0.1, 0.15) is 6.10 Å². The van der Waals surface area contributed by atoms with Crippen LogP contribution in [0.2, 0.25) is 0 Å². The van der Waals surface area contributed by atoms with E-state index in [0.29, 0.717) is 5.56 Å². The van der Waals surface area contributed by atoms with Crippen LogP contribution >= 0.6 is 15.9 Å². The van der Waals surface area contributed by atoms with Crippen molar-refractivity contribution in [2.24, 2.45) is 0 Å². The van der Waals surface area contributed by atoms with Crippen LogP contribution in [0.15, 0.2) is 28.7 Å². The summed E-state index contributed by atoms with van der Waals surface area (Å²) in [5, 5.41) is 17.9. The fraction of sp³-hybridized carbons (Fsp3) is 0.250. The smallest absolute Gasteiger partial charge is 0.296 e. The first kappa shape index (κ1) is 13.7. The third kappa shape index (κ3) is 2.82. The van der Waals surface area contributed by atoms with Crippen molar-refractivity contribution in [2.75, 3.05) is 14.2 Å². The Bertz CT molecular complexity index is 580. The van der Waals surface area contributed by atoms with Gasteiger partial charge in [-0.1, -0.05) is 34.1 Å². The standard InChI is InChI=1S/C12H12BrN3O3/c1-18-11-12(19-2)16-15-10(14-11)9(17)7-5-3-4-6-8(7)13/h3-6,9,17H,1-2H3. The Morgan fingerprint density at radius 2 is 1.79 bits per heavy atom. The third-order valence-corrected chi connectivity index (χ3v) is 3.20. The average Bonchev–Trinajstić information content (AvgIpc) is 2.46. The van der Waals surface area contributed by atoms with Crippen molar-refractivity contribution in [3.8, 4) is 11.8 Å². The molecular formula is C12H12BrN3O3. The van der Waals surface area contributed by atoms with Gasteiger partial charge in [0.05, 0.1) is 14.2 Å². The largest absolute Gasteiger partial charge is 0.477 e. The van der Waals surface area contributed by atoms with E-state index in [1.165, 1.54) is 14.2 Å². The van der Waals surface area contributed by atoms with Crippen LogP contribution in [0.3, 0.4) is 0 Å². The fourth-order valence-electron chi connectivity index (χ4n) is 1.53. The van der Waals surface area contributed by atoms with Gasteiger partial charge in [-0.15, -0.1) is 10.2 Å². The summed E-state index contributed by atoms with van der Waals surface area (Å²) in [6.07, 6.45) is -0.997. The molecule has 0 aliphatic heterocycles. The molecule has 0 bridgehead atoms. The Hall–Kier alpha value is -1.73. The first-order valence-corrected chi connectivity index (χ1v) is 6.21. The van der Waals surface area contributed by atoms with Crippen LogP contribution in [-0.2, 0) is 0 Å². The van der Waals surface area contributed by atoms with E-state index in [4.69, 9.17) is 9.47 Å². The van der Waals surface area contributed by atoms with Crippen molar-refractivity contribution >= 4 is 15.9 Å². The van der Waals surface area contributed by atoms with Gasteiger partial charge in [0.15, 0.2) is 5.82 Å². The maximum atomic E-state index is 10.3. The van der Waals surface area contributed by atoms with E-state index < -0.39 is 6.10 Å². The molecule has 2 aromatic rings. The van der Waals surface area contributed by atoms with E-state index in [2.05, 4.69) is 31.1 Å². The quantitative estimate of drug-likeness (QED) is 0.922. The van der Waals surface area contributed by atoms with Crippen LogP contribution in [0, 0.1) is 0 Å². The van der Waals surface area contributed by atoms with Crippen LogP contribution < -0.4 is 9.47 Å². The fourth-order valence-corrected chi connectivity index (χ4v) is 2.03. The number of methoxy groups -OCH3 is 2. The molecule has 0 saturated heterocycles. The summed E-state index contributed by atoms with van der Waals surface area (Å²) in [4.78, 5) is 4.09. The van der Waals surface area contributed by atoms with E-state index >= 15 is 0 Å². The predicted octanol–water partition coefficient (Wildman–Crippen LogP) is 1.73. The second kappa shape index (κ2) is 5.94. The molecule has 1 heterocycles. The maximum absolute atomic E-state index is 10.3. The molecule has 19 heavy (non-hydrogen) atoms. The Labute approximate surface area is 118 Å². The first-order chi connectivity index (χ1) is 9.17. The molecule has 1 atom stereocenters. The number of hydrogen-bond donors (Lipinski definition) is 1. The SMILES string of the molecule is COc1nnc(C(O)c2ccccc2Br)nc1OC. The Morgan fingerprint density at radius 3 is 2.42 bits per heavy atom. The Balaban J connectivity index is 2.39. The molecule has 0 saturated carbocycles. The van der Waals surface area contributed by atoms with Crippen LogP contribution in [0.1, 0.15) is 17.5 Å². The number of ether oxygens (including phenoxy) is 2. The highest BCUT2D eigenvalue weighted by molar-refractivity contribution is 9.10. The molecular weight excluding hydrogens is 314 g/mol. The summed E-state index contributed by atoms with van der Waals surface area (Å²) in [6.45, 7) is 0. The first-order valence-electron chi connectivity index (χ1n) is 5.42. The second-order valence-corrected chi connectivity index (χ2v) is 4.47. The molecule has 100 valence electrons. The van der Waals surface area contributed by atoms with E-state index in [0.717, 1.165) is 4.47 Å². The number of aromatic nitrogens is 3. The third-order valence-electron chi connectivity index (χ3n) is 2.47. The normalized spacial score (nSPS) is 12.0. The topological polar surface area (TPSA) is 77.4 Å². The molecule has 2 rings (SSSR count). The summed E-state index contributed by atoms with van der Waals surface area (Å²) < 4.78 is 10.7. The van der Waals surface area contributed by atoms with Gasteiger partial charge in [-0.3, -0.25) is 0 Å². The molecule has 7 heteroatoms. The lowest BCUT2D eigenvalue weighted by Crippen LogP contribution is -2.09. The number of halogens is 1. The van der Waals surface area contributed by atoms with Crippen LogP contribution in [0.4, 0.5) is 0 Å². The van der Waals surface area contributed by atoms with Crippen molar-refractivity contribution in [3.05, 3.63) is 40.1 Å². The molecule has 0 spiro atoms. The van der Waals surface area contributed by atoms with E-state index in [1.807, 2.05) is 18.2 Å². The van der Waals surface area contributed by atoms with Gasteiger partial charge in [-0.2, -0.15) is 4.98 Å². The molecule has 1 aromatic heterocycles. The zero-order valence-corrected chi connectivity index (χ0v) is 12.0. The number of nitrogens with zero attached hydrogens (tertiary/aromatic N) is 3. The highest BCUT2D eigenvalue weighted by Gasteiger charge is 2.19. The highest BCUT2D eigenvalue weighted by atomic mass is 79.9. The minimum Gasteiger partial charge on any atom is -0.477 e. The highest BCUT2D eigenvalue weighted by Crippen LogP contribution is 2.28. The van der Waals surface area contributed by atoms with Gasteiger partial charge in [-0.25, -0.2) is 0 Å². The van der Waals surface area contributed by atoms with Crippen molar-refractivity contribution in [1.29, 1.82) is 0 Å². The Kier molecular flexibility index (Phi) is 4.28. The minimum atomic E-state index is -0.997. The van der Waals surface area contributed by atoms with Crippen molar-refractivity contribution in [1.82, 2.24) is 15.2 Å². The van der Waals surface area contributed by atoms with Crippen molar-refractivity contribution < 1.29 is 14.6 Å². The molecule has 0 aliphatic carbocycles. The molecule has 0 aliphatic rings. The lowest BCUT2D eigenvalue weighted by atomic mass is 10.1. The summed E-state index contributed by atoms with van der Waals surface area (Å²) in [5.41, 5.74) is 0.650. The maximum Gasteiger partial charge on any atom is 0.296 e. The molecule has 1 aromatic carbocycles. The molecule has 6 nitrogen and oxygen atoms in total. The van der Waals surface area contributed by atoms with Crippen molar-refractivity contribution in [3.63, 3.8) is 0 Å². The molecule has 0 amide bonds. The van der Waals surface area contributed by atoms with E-state index in [1.54, 1.807) is 6.07 Å². The minimum absolute atomic E-state index is 0.143. The summed E-state index contributed by atoms with van der Waals surface area (Å²) >= 11 is 3.37. The predicted molar refractivity (Wildman–Crippen MR) is 71.1 cm³/mol. The van der Waals surface area contributed by atoms with Gasteiger partial charge in [-0.05, 0) is 6.07 Å². The monoisotopic (exact) mass is 325 g/mol. The van der Waals surface area contributed by atoms with Gasteiger partial charge in [0.25, 0.3) is 11.8 Å².